The molecule has 0 fully saturated rings. The van der Waals surface area contributed by atoms with Gasteiger partial charge in [0.15, 0.2) is 6.10 Å². The molecule has 0 aliphatic heterocycles. The lowest BCUT2D eigenvalue weighted by atomic mass is 10.0. The van der Waals surface area contributed by atoms with Crippen LogP contribution in [0, 0.1) is 11.3 Å². The molecular formula is C17H14ClNO2. The highest BCUT2D eigenvalue weighted by Crippen LogP contribution is 2.24. The van der Waals surface area contributed by atoms with Gasteiger partial charge in [-0.25, -0.2) is 0 Å². The van der Waals surface area contributed by atoms with Gasteiger partial charge in [0, 0.05) is 11.6 Å². The molecule has 2 aromatic rings. The first-order chi connectivity index (χ1) is 10.2. The Morgan fingerprint density at radius 1 is 1.29 bits per heavy atom. The molecule has 2 aromatic carbocycles. The van der Waals surface area contributed by atoms with Crippen LogP contribution in [0.25, 0.3) is 0 Å². The maximum Gasteiger partial charge on any atom is 0.203 e. The van der Waals surface area contributed by atoms with Gasteiger partial charge in [-0.05, 0) is 18.6 Å². The molecule has 0 N–H and O–H groups in total. The van der Waals surface area contributed by atoms with Crippen LogP contribution in [0.15, 0.2) is 48.5 Å². The summed E-state index contributed by atoms with van der Waals surface area (Å²) < 4.78 is 5.72. The molecule has 0 radical (unpaired) electrons. The summed E-state index contributed by atoms with van der Waals surface area (Å²) in [7, 11) is 0. The highest BCUT2D eigenvalue weighted by atomic mass is 35.5. The van der Waals surface area contributed by atoms with E-state index >= 15 is 0 Å². The van der Waals surface area contributed by atoms with Crippen molar-refractivity contribution < 1.29 is 9.53 Å². The number of benzene rings is 2. The van der Waals surface area contributed by atoms with E-state index in [9.17, 15) is 4.79 Å². The van der Waals surface area contributed by atoms with E-state index in [4.69, 9.17) is 21.6 Å². The highest BCUT2D eigenvalue weighted by Gasteiger charge is 2.20. The number of nitrogens with zero attached hydrogens (tertiary/aromatic N) is 1. The lowest BCUT2D eigenvalue weighted by molar-refractivity contribution is 0.0786. The largest absolute Gasteiger partial charge is 0.482 e. The molecule has 1 atom stereocenters. The van der Waals surface area contributed by atoms with Gasteiger partial charge in [0.2, 0.25) is 5.78 Å². The number of nitriles is 1. The van der Waals surface area contributed by atoms with E-state index in [0.717, 1.165) is 0 Å². The van der Waals surface area contributed by atoms with E-state index in [0.29, 0.717) is 28.3 Å². The van der Waals surface area contributed by atoms with E-state index in [-0.39, 0.29) is 5.78 Å². The fraction of sp³-hybridized carbons (Fsp3) is 0.176. The SMILES string of the molecule is CCC(Oc1ccc(C#N)c(Cl)c1)C(=O)c1ccccc1. The molecule has 3 nitrogen and oxygen atoms in total. The Hall–Kier alpha value is -2.31. The monoisotopic (exact) mass is 299 g/mol. The van der Waals surface area contributed by atoms with E-state index in [1.54, 1.807) is 30.3 Å². The van der Waals surface area contributed by atoms with E-state index in [1.807, 2.05) is 31.2 Å². The second-order valence-corrected chi connectivity index (χ2v) is 4.91. The van der Waals surface area contributed by atoms with E-state index in [1.165, 1.54) is 0 Å². The third-order valence-corrected chi connectivity index (χ3v) is 3.37. The van der Waals surface area contributed by atoms with Crippen molar-refractivity contribution in [3.63, 3.8) is 0 Å². The topological polar surface area (TPSA) is 50.1 Å². The number of ether oxygens (including phenoxy) is 1. The van der Waals surface area contributed by atoms with Gasteiger partial charge < -0.3 is 4.74 Å². The van der Waals surface area contributed by atoms with Crippen molar-refractivity contribution in [2.45, 2.75) is 19.4 Å². The minimum Gasteiger partial charge on any atom is -0.482 e. The number of ketones is 1. The zero-order valence-corrected chi connectivity index (χ0v) is 12.3. The van der Waals surface area contributed by atoms with E-state index < -0.39 is 6.10 Å². The van der Waals surface area contributed by atoms with Crippen LogP contribution in [-0.2, 0) is 0 Å². The summed E-state index contributed by atoms with van der Waals surface area (Å²) in [6.45, 7) is 1.89. The average Bonchev–Trinajstić information content (AvgIpc) is 2.53. The molecule has 106 valence electrons. The summed E-state index contributed by atoms with van der Waals surface area (Å²) in [5, 5.41) is 9.16. The number of Topliss-reactive ketones (excluding diaryl/α,β-unsaturated/α-hetero) is 1. The Balaban J connectivity index is 2.18. The first-order valence-electron chi connectivity index (χ1n) is 6.61. The molecule has 4 heteroatoms. The quantitative estimate of drug-likeness (QED) is 0.775. The number of halogens is 1. The third kappa shape index (κ3) is 3.62. The standard InChI is InChI=1S/C17H14ClNO2/c1-2-16(17(20)12-6-4-3-5-7-12)21-14-9-8-13(11-19)15(18)10-14/h3-10,16H,2H2,1H3. The van der Waals surface area contributed by atoms with Gasteiger partial charge in [-0.1, -0.05) is 48.9 Å². The predicted molar refractivity (Wildman–Crippen MR) is 81.6 cm³/mol. The molecular weight excluding hydrogens is 286 g/mol. The Bertz CT molecular complexity index is 677. The number of rotatable bonds is 5. The molecule has 0 aromatic heterocycles. The summed E-state index contributed by atoms with van der Waals surface area (Å²) in [6, 6.07) is 15.8. The second kappa shape index (κ2) is 6.92. The van der Waals surface area contributed by atoms with Crippen molar-refractivity contribution in [3.8, 4) is 11.8 Å². The van der Waals surface area contributed by atoms with Crippen LogP contribution in [0.3, 0.4) is 0 Å². The normalized spacial score (nSPS) is 11.5. The summed E-state index contributed by atoms with van der Waals surface area (Å²) in [5.74, 6) is 0.411. The molecule has 1 unspecified atom stereocenters. The molecule has 0 saturated heterocycles. The second-order valence-electron chi connectivity index (χ2n) is 4.50. The van der Waals surface area contributed by atoms with Crippen molar-refractivity contribution >= 4 is 17.4 Å². The van der Waals surface area contributed by atoms with Gasteiger partial charge in [-0.15, -0.1) is 0 Å². The van der Waals surface area contributed by atoms with Gasteiger partial charge in [-0.3, -0.25) is 4.79 Å². The number of hydrogen-bond acceptors (Lipinski definition) is 3. The Kier molecular flexibility index (Phi) is 4.97. The molecule has 0 saturated carbocycles. The zero-order chi connectivity index (χ0) is 15.2. The molecule has 2 rings (SSSR count). The summed E-state index contributed by atoms with van der Waals surface area (Å²) >= 11 is 5.97. The molecule has 0 amide bonds. The van der Waals surface area contributed by atoms with Crippen LogP contribution in [-0.4, -0.2) is 11.9 Å². The summed E-state index contributed by atoms with van der Waals surface area (Å²) in [4.78, 5) is 12.4. The highest BCUT2D eigenvalue weighted by molar-refractivity contribution is 6.31. The zero-order valence-electron chi connectivity index (χ0n) is 11.5. The average molecular weight is 300 g/mol. The van der Waals surface area contributed by atoms with Gasteiger partial charge in [0.1, 0.15) is 11.8 Å². The maximum absolute atomic E-state index is 12.4. The molecule has 21 heavy (non-hydrogen) atoms. The van der Waals surface area contributed by atoms with E-state index in [2.05, 4.69) is 0 Å². The van der Waals surface area contributed by atoms with Crippen molar-refractivity contribution in [2.24, 2.45) is 0 Å². The fourth-order valence-electron chi connectivity index (χ4n) is 1.93. The fourth-order valence-corrected chi connectivity index (χ4v) is 2.15. The lowest BCUT2D eigenvalue weighted by Crippen LogP contribution is -2.26. The summed E-state index contributed by atoms with van der Waals surface area (Å²) in [6.07, 6.45) is -0.0258. The van der Waals surface area contributed by atoms with Crippen molar-refractivity contribution in [1.29, 1.82) is 5.26 Å². The van der Waals surface area contributed by atoms with Crippen LogP contribution in [0.2, 0.25) is 5.02 Å². The number of hydrogen-bond donors (Lipinski definition) is 0. The Morgan fingerprint density at radius 3 is 2.57 bits per heavy atom. The number of carbonyl (C=O) groups is 1. The summed E-state index contributed by atoms with van der Waals surface area (Å²) in [5.41, 5.74) is 0.996. The van der Waals surface area contributed by atoms with Gasteiger partial charge in [-0.2, -0.15) is 5.26 Å². The Labute approximate surface area is 128 Å². The molecule has 0 aliphatic carbocycles. The predicted octanol–water partition coefficient (Wildman–Crippen LogP) is 4.25. The minimum absolute atomic E-state index is 0.0708. The molecule has 0 spiro atoms. The van der Waals surface area contributed by atoms with Crippen molar-refractivity contribution in [1.82, 2.24) is 0 Å². The maximum atomic E-state index is 12.4. The Morgan fingerprint density at radius 2 is 2.00 bits per heavy atom. The van der Waals surface area contributed by atoms with Crippen LogP contribution in [0.4, 0.5) is 0 Å². The van der Waals surface area contributed by atoms with Crippen LogP contribution < -0.4 is 4.74 Å². The third-order valence-electron chi connectivity index (χ3n) is 3.06. The smallest absolute Gasteiger partial charge is 0.203 e. The van der Waals surface area contributed by atoms with Gasteiger partial charge >= 0.3 is 0 Å². The van der Waals surface area contributed by atoms with Gasteiger partial charge in [0.05, 0.1) is 10.6 Å². The lowest BCUT2D eigenvalue weighted by Gasteiger charge is -2.17. The first-order valence-corrected chi connectivity index (χ1v) is 6.99. The van der Waals surface area contributed by atoms with Crippen molar-refractivity contribution in [3.05, 3.63) is 64.7 Å². The molecule has 0 bridgehead atoms. The van der Waals surface area contributed by atoms with Crippen molar-refractivity contribution in [2.75, 3.05) is 0 Å². The molecule has 0 aliphatic rings. The van der Waals surface area contributed by atoms with Crippen LogP contribution in [0.1, 0.15) is 29.3 Å². The van der Waals surface area contributed by atoms with Crippen LogP contribution >= 0.6 is 11.6 Å². The minimum atomic E-state index is -0.573. The first kappa shape index (κ1) is 15.1. The van der Waals surface area contributed by atoms with Crippen LogP contribution in [0.5, 0.6) is 5.75 Å². The number of carbonyl (C=O) groups excluding carboxylic acids is 1. The van der Waals surface area contributed by atoms with Gasteiger partial charge in [0.25, 0.3) is 0 Å². The molecule has 0 heterocycles.